The molecule has 0 aliphatic heterocycles. The van der Waals surface area contributed by atoms with Gasteiger partial charge in [-0.05, 0) is 56.1 Å². The molecule has 3 amide bonds. The molecule has 0 rings (SSSR count). The molecule has 4 unspecified atom stereocenters. The van der Waals surface area contributed by atoms with Gasteiger partial charge in [0.25, 0.3) is 0 Å². The summed E-state index contributed by atoms with van der Waals surface area (Å²) in [4.78, 5) is 64.7. The van der Waals surface area contributed by atoms with Crippen molar-refractivity contribution in [3.05, 3.63) is 0 Å². The second-order valence-corrected chi connectivity index (χ2v) is 10.0. The number of hydrogen-bond donors (Lipinski definition) is 8. The van der Waals surface area contributed by atoms with Crippen LogP contribution in [0.25, 0.3) is 0 Å². The van der Waals surface area contributed by atoms with Crippen LogP contribution < -0.4 is 33.2 Å². The van der Waals surface area contributed by atoms with Crippen molar-refractivity contribution in [2.45, 2.75) is 62.7 Å². The van der Waals surface area contributed by atoms with Crippen molar-refractivity contribution in [3.63, 3.8) is 0 Å². The van der Waals surface area contributed by atoms with Crippen LogP contribution in [0.3, 0.4) is 0 Å². The number of guanidine groups is 1. The van der Waals surface area contributed by atoms with Gasteiger partial charge in [0.1, 0.15) is 18.1 Å². The maximum absolute atomic E-state index is 13.1. The van der Waals surface area contributed by atoms with Crippen LogP contribution in [0, 0.1) is 0 Å². The number of carboxylic acid groups (broad SMARTS) is 2. The predicted octanol–water partition coefficient (Wildman–Crippen LogP) is -1.72. The number of rotatable bonds is 20. The van der Waals surface area contributed by atoms with E-state index in [9.17, 15) is 29.1 Å². The summed E-state index contributed by atoms with van der Waals surface area (Å²) in [6.07, 6.45) is 4.02. The first-order valence-corrected chi connectivity index (χ1v) is 14.4. The quantitative estimate of drug-likeness (QED) is 0.0466. The van der Waals surface area contributed by atoms with Crippen molar-refractivity contribution >= 4 is 59.1 Å². The predicted molar refractivity (Wildman–Crippen MR) is 144 cm³/mol. The number of thioether (sulfide) groups is 2. The van der Waals surface area contributed by atoms with Crippen LogP contribution in [-0.2, 0) is 24.0 Å². The van der Waals surface area contributed by atoms with Gasteiger partial charge in [-0.1, -0.05) is 0 Å². The Morgan fingerprint density at radius 1 is 0.784 bits per heavy atom. The standard InChI is InChI=1S/C21H39N7O7S2/c1-36-10-7-14(26-17(31)12(22)5-6-16(29)30)19(33)27-13(4-3-9-25-21(23)24)18(32)28-15(20(34)35)8-11-37-2/h12-15H,3-11,22H2,1-2H3,(H,26,31)(H,27,33)(H,28,32)(H,29,30)(H,34,35)(H4,23,24,25). The summed E-state index contributed by atoms with van der Waals surface area (Å²) in [5, 5.41) is 25.8. The van der Waals surface area contributed by atoms with Crippen LogP contribution in [0.5, 0.6) is 0 Å². The summed E-state index contributed by atoms with van der Waals surface area (Å²) in [5.74, 6) is -3.49. The summed E-state index contributed by atoms with van der Waals surface area (Å²) in [5.41, 5.74) is 16.4. The minimum Gasteiger partial charge on any atom is -0.481 e. The number of carboxylic acids is 2. The number of nitrogens with zero attached hydrogens (tertiary/aromatic N) is 1. The second kappa shape index (κ2) is 19.4. The lowest BCUT2D eigenvalue weighted by Gasteiger charge is -2.25. The van der Waals surface area contributed by atoms with Crippen LogP contribution in [-0.4, -0.2) is 101 Å². The number of carbonyl (C=O) groups is 5. The first-order chi connectivity index (χ1) is 17.4. The Bertz CT molecular complexity index is 797. The highest BCUT2D eigenvalue weighted by molar-refractivity contribution is 7.98. The Morgan fingerprint density at radius 3 is 1.76 bits per heavy atom. The molecular formula is C21H39N7O7S2. The normalized spacial score (nSPS) is 13.9. The van der Waals surface area contributed by atoms with E-state index < -0.39 is 53.8 Å². The number of aliphatic carboxylic acids is 2. The van der Waals surface area contributed by atoms with Crippen LogP contribution in [0.4, 0.5) is 0 Å². The van der Waals surface area contributed by atoms with Gasteiger partial charge < -0.3 is 43.4 Å². The van der Waals surface area contributed by atoms with Gasteiger partial charge in [0.15, 0.2) is 5.96 Å². The Kier molecular flexibility index (Phi) is 18.0. The van der Waals surface area contributed by atoms with Gasteiger partial charge in [0.05, 0.1) is 6.04 Å². The molecule has 16 heteroatoms. The van der Waals surface area contributed by atoms with Crippen LogP contribution >= 0.6 is 23.5 Å². The van der Waals surface area contributed by atoms with Crippen molar-refractivity contribution in [3.8, 4) is 0 Å². The largest absolute Gasteiger partial charge is 0.481 e. The molecule has 0 radical (unpaired) electrons. The number of aliphatic imine (C=N–C) groups is 1. The summed E-state index contributed by atoms with van der Waals surface area (Å²) in [6.45, 7) is 0.182. The fourth-order valence-electron chi connectivity index (χ4n) is 3.00. The monoisotopic (exact) mass is 565 g/mol. The third-order valence-corrected chi connectivity index (χ3v) is 6.34. The van der Waals surface area contributed by atoms with Crippen molar-refractivity contribution < 1.29 is 34.2 Å². The molecular weight excluding hydrogens is 526 g/mol. The molecule has 0 saturated heterocycles. The molecule has 0 heterocycles. The molecule has 37 heavy (non-hydrogen) atoms. The third-order valence-electron chi connectivity index (χ3n) is 5.05. The highest BCUT2D eigenvalue weighted by atomic mass is 32.2. The second-order valence-electron chi connectivity index (χ2n) is 8.07. The van der Waals surface area contributed by atoms with Gasteiger partial charge in [0, 0.05) is 13.0 Å². The average Bonchev–Trinajstić information content (AvgIpc) is 2.83. The maximum atomic E-state index is 13.1. The van der Waals surface area contributed by atoms with E-state index in [1.54, 1.807) is 0 Å². The zero-order valence-corrected chi connectivity index (χ0v) is 22.7. The van der Waals surface area contributed by atoms with Gasteiger partial charge >= 0.3 is 11.9 Å². The molecule has 212 valence electrons. The van der Waals surface area contributed by atoms with Crippen LogP contribution in [0.15, 0.2) is 4.99 Å². The number of carbonyl (C=O) groups excluding carboxylic acids is 3. The van der Waals surface area contributed by atoms with E-state index in [2.05, 4.69) is 20.9 Å². The molecule has 0 bridgehead atoms. The number of nitrogens with two attached hydrogens (primary N) is 3. The molecule has 0 aromatic rings. The fraction of sp³-hybridized carbons (Fsp3) is 0.714. The molecule has 0 saturated carbocycles. The van der Waals surface area contributed by atoms with Crippen molar-refractivity contribution in [1.29, 1.82) is 0 Å². The smallest absolute Gasteiger partial charge is 0.326 e. The highest BCUT2D eigenvalue weighted by Crippen LogP contribution is 2.07. The maximum Gasteiger partial charge on any atom is 0.326 e. The van der Waals surface area contributed by atoms with Gasteiger partial charge in [-0.15, -0.1) is 0 Å². The molecule has 4 atom stereocenters. The van der Waals surface area contributed by atoms with E-state index in [0.29, 0.717) is 17.9 Å². The third kappa shape index (κ3) is 15.9. The SMILES string of the molecule is CSCCC(NC(=O)C(CCCN=C(N)N)NC(=O)C(CCSC)NC(=O)C(N)CCC(=O)O)C(=O)O. The summed E-state index contributed by atoms with van der Waals surface area (Å²) in [7, 11) is 0. The fourth-order valence-corrected chi connectivity index (χ4v) is 3.95. The lowest BCUT2D eigenvalue weighted by Crippen LogP contribution is -2.57. The molecule has 0 fully saturated rings. The zero-order valence-electron chi connectivity index (χ0n) is 21.1. The van der Waals surface area contributed by atoms with Crippen LogP contribution in [0.1, 0.15) is 38.5 Å². The summed E-state index contributed by atoms with van der Waals surface area (Å²) >= 11 is 2.87. The molecule has 0 aliphatic carbocycles. The lowest BCUT2D eigenvalue weighted by molar-refractivity contribution is -0.142. The minimum atomic E-state index is -1.20. The van der Waals surface area contributed by atoms with E-state index >= 15 is 0 Å². The topological polar surface area (TPSA) is 252 Å². The number of amides is 3. The van der Waals surface area contributed by atoms with E-state index in [-0.39, 0.29) is 44.6 Å². The van der Waals surface area contributed by atoms with E-state index in [1.165, 1.54) is 23.5 Å². The van der Waals surface area contributed by atoms with Crippen molar-refractivity contribution in [2.75, 3.05) is 30.6 Å². The van der Waals surface area contributed by atoms with E-state index in [1.807, 2.05) is 12.5 Å². The zero-order chi connectivity index (χ0) is 28.4. The Balaban J connectivity index is 5.55. The van der Waals surface area contributed by atoms with Gasteiger partial charge in [-0.3, -0.25) is 24.2 Å². The van der Waals surface area contributed by atoms with Gasteiger partial charge in [-0.2, -0.15) is 23.5 Å². The number of nitrogens with one attached hydrogen (secondary N) is 3. The average molecular weight is 566 g/mol. The highest BCUT2D eigenvalue weighted by Gasteiger charge is 2.30. The molecule has 0 aromatic carbocycles. The Morgan fingerprint density at radius 2 is 1.27 bits per heavy atom. The van der Waals surface area contributed by atoms with Crippen molar-refractivity contribution in [1.82, 2.24) is 16.0 Å². The van der Waals surface area contributed by atoms with E-state index in [4.69, 9.17) is 22.3 Å². The van der Waals surface area contributed by atoms with Gasteiger partial charge in [0.2, 0.25) is 17.7 Å². The first-order valence-electron chi connectivity index (χ1n) is 11.6. The summed E-state index contributed by atoms with van der Waals surface area (Å²) in [6, 6.07) is -4.44. The number of hydrogen-bond acceptors (Lipinski definition) is 9. The minimum absolute atomic E-state index is 0.102. The van der Waals surface area contributed by atoms with Crippen molar-refractivity contribution in [2.24, 2.45) is 22.2 Å². The summed E-state index contributed by atoms with van der Waals surface area (Å²) < 4.78 is 0. The Labute approximate surface area is 224 Å². The van der Waals surface area contributed by atoms with Crippen LogP contribution in [0.2, 0.25) is 0 Å². The lowest BCUT2D eigenvalue weighted by atomic mass is 10.1. The Hall–Kier alpha value is -2.72. The first kappa shape index (κ1) is 34.3. The molecule has 11 N–H and O–H groups in total. The molecule has 0 aromatic heterocycles. The molecule has 14 nitrogen and oxygen atoms in total. The molecule has 0 spiro atoms. The van der Waals surface area contributed by atoms with E-state index in [0.717, 1.165) is 0 Å². The van der Waals surface area contributed by atoms with Gasteiger partial charge in [-0.25, -0.2) is 4.79 Å². The molecule has 0 aliphatic rings.